The van der Waals surface area contributed by atoms with E-state index in [2.05, 4.69) is 120 Å². The number of hydrogen-bond donors (Lipinski definition) is 0. The first-order valence-electron chi connectivity index (χ1n) is 10.7. The van der Waals surface area contributed by atoms with E-state index in [-0.39, 0.29) is 46.7 Å². The van der Waals surface area contributed by atoms with Crippen molar-refractivity contribution >= 4 is 8.32 Å². The van der Waals surface area contributed by atoms with Crippen LogP contribution in [0.5, 0.6) is 0 Å². The van der Waals surface area contributed by atoms with Crippen molar-refractivity contribution in [3.8, 4) is 0 Å². The van der Waals surface area contributed by atoms with Gasteiger partial charge in [-0.2, -0.15) is 0 Å². The largest absolute Gasteiger partial charge is 1.00 e. The molecule has 0 radical (unpaired) electrons. The van der Waals surface area contributed by atoms with Gasteiger partial charge in [-0.3, -0.25) is 0 Å². The second-order valence-corrected chi connectivity index (χ2v) is 17.5. The SMILES string of the molecule is CC(C)(C)C1=CCC(O[Si](C)(C)C)(C(C)(C)C2=[C]([Ti+2])CC=C2)C(C(C)(C)C)=C1.[Cl-].[Cl-]. The third-order valence-corrected chi connectivity index (χ3v) is 7.81. The van der Waals surface area contributed by atoms with Gasteiger partial charge in [0, 0.05) is 0 Å². The number of rotatable bonds is 4. The molecule has 0 saturated heterocycles. The van der Waals surface area contributed by atoms with Crippen LogP contribution in [-0.4, -0.2) is 13.9 Å². The average molecular weight is 504 g/mol. The van der Waals surface area contributed by atoms with Crippen LogP contribution in [0.2, 0.25) is 19.6 Å². The van der Waals surface area contributed by atoms with Crippen molar-refractivity contribution in [3.63, 3.8) is 0 Å². The summed E-state index contributed by atoms with van der Waals surface area (Å²) in [6.45, 7) is 25.9. The molecule has 169 valence electrons. The molecule has 0 heterocycles. The van der Waals surface area contributed by atoms with E-state index in [1.54, 1.807) is 0 Å². The van der Waals surface area contributed by atoms with Crippen LogP contribution < -0.4 is 24.8 Å². The molecule has 0 bridgehead atoms. The van der Waals surface area contributed by atoms with Crippen molar-refractivity contribution in [1.82, 2.24) is 0 Å². The maximum atomic E-state index is 7.25. The molecule has 0 aliphatic heterocycles. The van der Waals surface area contributed by atoms with Gasteiger partial charge in [-0.05, 0) is 0 Å². The van der Waals surface area contributed by atoms with E-state index in [1.807, 2.05) is 0 Å². The summed E-state index contributed by atoms with van der Waals surface area (Å²) in [5, 5.41) is 0. The van der Waals surface area contributed by atoms with Gasteiger partial charge >= 0.3 is 188 Å². The van der Waals surface area contributed by atoms with Crippen LogP contribution in [-0.2, 0) is 24.9 Å². The van der Waals surface area contributed by atoms with Crippen LogP contribution in [0.15, 0.2) is 44.9 Å². The summed E-state index contributed by atoms with van der Waals surface area (Å²) >= 11 is 2.29. The molecule has 0 aromatic carbocycles. The van der Waals surface area contributed by atoms with E-state index in [9.17, 15) is 0 Å². The van der Waals surface area contributed by atoms with Crippen LogP contribution >= 0.6 is 0 Å². The minimum atomic E-state index is -1.81. The van der Waals surface area contributed by atoms with E-state index in [0.29, 0.717) is 0 Å². The molecular formula is C25H41Cl2OSiTi. The Morgan fingerprint density at radius 3 is 1.83 bits per heavy atom. The summed E-state index contributed by atoms with van der Waals surface area (Å²) in [5.41, 5.74) is 4.15. The zero-order chi connectivity index (χ0) is 21.8. The topological polar surface area (TPSA) is 9.23 Å². The minimum absolute atomic E-state index is 0. The molecular weight excluding hydrogens is 463 g/mol. The van der Waals surface area contributed by atoms with Gasteiger partial charge in [-0.1, -0.05) is 0 Å². The third-order valence-electron chi connectivity index (χ3n) is 6.11. The molecule has 0 aromatic rings. The summed E-state index contributed by atoms with van der Waals surface area (Å²) in [5.74, 6) is 0. The number of allylic oxidation sites excluding steroid dienone is 5. The summed E-state index contributed by atoms with van der Waals surface area (Å²) in [7, 11) is -1.81. The molecule has 2 aliphatic rings. The van der Waals surface area contributed by atoms with Gasteiger partial charge in [0.05, 0.1) is 0 Å². The molecule has 30 heavy (non-hydrogen) atoms. The normalized spacial score (nSPS) is 23.0. The van der Waals surface area contributed by atoms with E-state index in [0.717, 1.165) is 12.8 Å². The van der Waals surface area contributed by atoms with Gasteiger partial charge in [0.1, 0.15) is 0 Å². The molecule has 1 nitrogen and oxygen atoms in total. The Kier molecular flexibility index (Phi) is 9.88. The van der Waals surface area contributed by atoms with Gasteiger partial charge in [0.25, 0.3) is 0 Å². The summed E-state index contributed by atoms with van der Waals surface area (Å²) in [4.78, 5) is 0. The Hall–Kier alpha value is 0.431. The van der Waals surface area contributed by atoms with Crippen LogP contribution in [0, 0.1) is 16.2 Å². The third kappa shape index (κ3) is 6.06. The summed E-state index contributed by atoms with van der Waals surface area (Å²) < 4.78 is 8.74. The van der Waals surface area contributed by atoms with Crippen molar-refractivity contribution in [1.29, 1.82) is 0 Å². The van der Waals surface area contributed by atoms with Gasteiger partial charge in [-0.15, -0.1) is 0 Å². The quantitative estimate of drug-likeness (QED) is 0.530. The smallest absolute Gasteiger partial charge is 1.00 e. The second-order valence-electron chi connectivity index (χ2n) is 12.1. The molecule has 0 saturated carbocycles. The van der Waals surface area contributed by atoms with Crippen LogP contribution in [0.4, 0.5) is 0 Å². The fourth-order valence-electron chi connectivity index (χ4n) is 4.69. The Morgan fingerprint density at radius 1 is 0.933 bits per heavy atom. The van der Waals surface area contributed by atoms with Crippen LogP contribution in [0.1, 0.15) is 68.2 Å². The molecule has 2 rings (SSSR count). The Bertz CT molecular complexity index is 755. The maximum absolute atomic E-state index is 7.25. The molecule has 0 aromatic heterocycles. The second kappa shape index (κ2) is 9.74. The van der Waals surface area contributed by atoms with E-state index >= 15 is 0 Å². The molecule has 2 aliphatic carbocycles. The fourth-order valence-corrected chi connectivity index (χ4v) is 6.98. The number of halogens is 2. The van der Waals surface area contributed by atoms with Gasteiger partial charge in [0.2, 0.25) is 0 Å². The standard InChI is InChI=1S/C25H41OSi.2ClH.Ti/c1-22(2,3)20-16-17-25(26-27(9,10)11,21(18-20)23(4,5)6)24(7,8)19-14-12-13-15-19;;;/h12,14,16,18H,13,17H2,1-11H3;2*1H;/q;;;+2/p-2. The van der Waals surface area contributed by atoms with Crippen molar-refractivity contribution in [2.24, 2.45) is 16.2 Å². The van der Waals surface area contributed by atoms with Crippen LogP contribution in [0.3, 0.4) is 0 Å². The van der Waals surface area contributed by atoms with E-state index < -0.39 is 8.32 Å². The van der Waals surface area contributed by atoms with Gasteiger partial charge in [-0.25, -0.2) is 0 Å². The number of hydrogen-bond acceptors (Lipinski definition) is 1. The Balaban J connectivity index is 0.00000420. The first-order chi connectivity index (χ1) is 12.4. The Labute approximate surface area is 211 Å². The fraction of sp³-hybridized carbons (Fsp3) is 0.680. The average Bonchev–Trinajstić information content (AvgIpc) is 2.90. The summed E-state index contributed by atoms with van der Waals surface area (Å²) in [6, 6.07) is 0. The van der Waals surface area contributed by atoms with E-state index in [1.165, 1.54) is 20.6 Å². The van der Waals surface area contributed by atoms with Crippen molar-refractivity contribution < 1.29 is 49.7 Å². The molecule has 5 heteroatoms. The van der Waals surface area contributed by atoms with Crippen molar-refractivity contribution in [2.75, 3.05) is 0 Å². The predicted molar refractivity (Wildman–Crippen MR) is 121 cm³/mol. The molecule has 0 amide bonds. The monoisotopic (exact) mass is 503 g/mol. The van der Waals surface area contributed by atoms with Gasteiger partial charge < -0.3 is 24.8 Å². The maximum Gasteiger partial charge on any atom is -1.00 e. The van der Waals surface area contributed by atoms with Crippen LogP contribution in [0.25, 0.3) is 0 Å². The van der Waals surface area contributed by atoms with Crippen molar-refractivity contribution in [3.05, 3.63) is 44.9 Å². The molecule has 1 atom stereocenters. The van der Waals surface area contributed by atoms with Gasteiger partial charge in [0.15, 0.2) is 0 Å². The Morgan fingerprint density at radius 2 is 1.47 bits per heavy atom. The molecule has 0 N–H and O–H groups in total. The zero-order valence-corrected chi connectivity index (χ0v) is 25.0. The predicted octanol–water partition coefficient (Wildman–Crippen LogP) is 1.72. The first kappa shape index (κ1) is 30.4. The first-order valence-corrected chi connectivity index (χ1v) is 14.9. The molecule has 0 spiro atoms. The molecule has 0 fully saturated rings. The van der Waals surface area contributed by atoms with E-state index in [4.69, 9.17) is 4.43 Å². The minimum Gasteiger partial charge on any atom is -1.00 e. The van der Waals surface area contributed by atoms with Crippen molar-refractivity contribution in [2.45, 2.75) is 93.5 Å². The summed E-state index contributed by atoms with van der Waals surface area (Å²) in [6.07, 6.45) is 11.6. The molecule has 1 unspecified atom stereocenters. The zero-order valence-electron chi connectivity index (χ0n) is 20.9.